The van der Waals surface area contributed by atoms with Gasteiger partial charge in [-0.2, -0.15) is 0 Å². The molecule has 1 aromatic heterocycles. The van der Waals surface area contributed by atoms with Crippen LogP contribution in [0, 0.1) is 0 Å². The van der Waals surface area contributed by atoms with Crippen LogP contribution in [0.1, 0.15) is 16.1 Å². The lowest BCUT2D eigenvalue weighted by molar-refractivity contribution is 0.0958. The van der Waals surface area contributed by atoms with E-state index in [1.807, 2.05) is 24.3 Å². The minimum Gasteiger partial charge on any atom is -0.457 e. The first kappa shape index (κ1) is 14.0. The summed E-state index contributed by atoms with van der Waals surface area (Å²) in [6.45, 7) is 0.125. The predicted octanol–water partition coefficient (Wildman–Crippen LogP) is 1.77. The second-order valence-electron chi connectivity index (χ2n) is 4.18. The molecule has 104 valence electrons. The van der Waals surface area contributed by atoms with Gasteiger partial charge in [0.2, 0.25) is 0 Å². The molecule has 5 nitrogen and oxygen atoms in total. The highest BCUT2D eigenvalue weighted by Gasteiger charge is 2.06. The summed E-state index contributed by atoms with van der Waals surface area (Å²) < 4.78 is 5.66. The predicted molar refractivity (Wildman–Crippen MR) is 74.9 cm³/mol. The first-order valence-corrected chi connectivity index (χ1v) is 6.28. The number of nitrogens with zero attached hydrogens (tertiary/aromatic N) is 1. The Bertz CT molecular complexity index is 582. The second-order valence-corrected chi connectivity index (χ2v) is 4.18. The maximum Gasteiger partial charge on any atom is 0.269 e. The van der Waals surface area contributed by atoms with Crippen molar-refractivity contribution in [2.24, 2.45) is 0 Å². The number of amides is 1. The molecular formula is C15H16N2O3. The number of rotatable bonds is 5. The number of ether oxygens (including phenoxy) is 1. The van der Waals surface area contributed by atoms with Gasteiger partial charge in [0.1, 0.15) is 17.2 Å². The quantitative estimate of drug-likeness (QED) is 0.870. The number of carbonyl (C=O) groups is 1. The number of aliphatic hydroxyl groups excluding tert-OH is 1. The van der Waals surface area contributed by atoms with E-state index in [9.17, 15) is 4.79 Å². The second kappa shape index (κ2) is 6.68. The number of hydrogen-bond donors (Lipinski definition) is 2. The molecule has 0 saturated heterocycles. The average molecular weight is 272 g/mol. The molecule has 0 aliphatic rings. The molecule has 2 N–H and O–H groups in total. The molecule has 0 aliphatic carbocycles. The molecule has 5 heteroatoms. The Hall–Kier alpha value is -2.40. The average Bonchev–Trinajstić information content (AvgIpc) is 2.49. The lowest BCUT2D eigenvalue weighted by Crippen LogP contribution is -2.18. The van der Waals surface area contributed by atoms with Crippen LogP contribution in [0.25, 0.3) is 0 Å². The standard InChI is InChI=1S/C15H16N2O3/c1-16-15(19)14-10-13(6-8-17-14)20-12-4-2-11(3-5-12)7-9-18/h2-6,8,10,18H,7,9H2,1H3,(H,16,19). The maximum atomic E-state index is 11.5. The first-order chi connectivity index (χ1) is 9.72. The fraction of sp³-hybridized carbons (Fsp3) is 0.200. The van der Waals surface area contributed by atoms with Gasteiger partial charge in [0.15, 0.2) is 0 Å². The van der Waals surface area contributed by atoms with Gasteiger partial charge in [-0.1, -0.05) is 12.1 Å². The van der Waals surface area contributed by atoms with Crippen LogP contribution in [0.15, 0.2) is 42.6 Å². The zero-order valence-electron chi connectivity index (χ0n) is 11.2. The molecule has 0 aliphatic heterocycles. The van der Waals surface area contributed by atoms with Crippen molar-refractivity contribution >= 4 is 5.91 Å². The molecule has 0 atom stereocenters. The molecule has 1 heterocycles. The van der Waals surface area contributed by atoms with Crippen LogP contribution in [0.3, 0.4) is 0 Å². The SMILES string of the molecule is CNC(=O)c1cc(Oc2ccc(CCO)cc2)ccn1. The Morgan fingerprint density at radius 1 is 1.25 bits per heavy atom. The van der Waals surface area contributed by atoms with Crippen LogP contribution in [0.2, 0.25) is 0 Å². The summed E-state index contributed by atoms with van der Waals surface area (Å²) >= 11 is 0. The number of aromatic nitrogens is 1. The molecule has 0 fully saturated rings. The van der Waals surface area contributed by atoms with Crippen molar-refractivity contribution in [3.05, 3.63) is 53.9 Å². The molecule has 2 rings (SSSR count). The summed E-state index contributed by atoms with van der Waals surface area (Å²) in [4.78, 5) is 15.5. The van der Waals surface area contributed by atoms with E-state index in [0.717, 1.165) is 5.56 Å². The zero-order valence-corrected chi connectivity index (χ0v) is 11.2. The van der Waals surface area contributed by atoms with Gasteiger partial charge in [-0.25, -0.2) is 0 Å². The van der Waals surface area contributed by atoms with Gasteiger partial charge in [0.05, 0.1) is 0 Å². The molecule has 1 aromatic carbocycles. The van der Waals surface area contributed by atoms with E-state index in [1.54, 1.807) is 19.2 Å². The minimum absolute atomic E-state index is 0.125. The van der Waals surface area contributed by atoms with Crippen molar-refractivity contribution in [1.29, 1.82) is 0 Å². The van der Waals surface area contributed by atoms with Crippen molar-refractivity contribution in [3.8, 4) is 11.5 Å². The van der Waals surface area contributed by atoms with Gasteiger partial charge < -0.3 is 15.2 Å². The first-order valence-electron chi connectivity index (χ1n) is 6.28. The Labute approximate surface area is 117 Å². The van der Waals surface area contributed by atoms with Crippen LogP contribution < -0.4 is 10.1 Å². The third-order valence-corrected chi connectivity index (χ3v) is 2.75. The van der Waals surface area contributed by atoms with Crippen LogP contribution in [-0.2, 0) is 6.42 Å². The van der Waals surface area contributed by atoms with Crippen molar-refractivity contribution in [2.75, 3.05) is 13.7 Å². The fourth-order valence-corrected chi connectivity index (χ4v) is 1.72. The maximum absolute atomic E-state index is 11.5. The highest BCUT2D eigenvalue weighted by atomic mass is 16.5. The molecule has 1 amide bonds. The fourth-order valence-electron chi connectivity index (χ4n) is 1.72. The van der Waals surface area contributed by atoms with Gasteiger partial charge in [0, 0.05) is 25.9 Å². The molecular weight excluding hydrogens is 256 g/mol. The topological polar surface area (TPSA) is 71.5 Å². The largest absolute Gasteiger partial charge is 0.457 e. The monoisotopic (exact) mass is 272 g/mol. The van der Waals surface area contributed by atoms with E-state index in [-0.39, 0.29) is 12.5 Å². The Balaban J connectivity index is 2.11. The third-order valence-electron chi connectivity index (χ3n) is 2.75. The summed E-state index contributed by atoms with van der Waals surface area (Å²) in [5.41, 5.74) is 1.35. The van der Waals surface area contributed by atoms with E-state index in [2.05, 4.69) is 10.3 Å². The Kier molecular flexibility index (Phi) is 4.68. The number of carbonyl (C=O) groups excluding carboxylic acids is 1. The van der Waals surface area contributed by atoms with Gasteiger partial charge in [0.25, 0.3) is 5.91 Å². The summed E-state index contributed by atoms with van der Waals surface area (Å²) in [6, 6.07) is 10.7. The normalized spacial score (nSPS) is 10.1. The molecule has 20 heavy (non-hydrogen) atoms. The number of hydrogen-bond acceptors (Lipinski definition) is 4. The molecule has 0 bridgehead atoms. The third kappa shape index (κ3) is 3.55. The smallest absolute Gasteiger partial charge is 0.269 e. The van der Waals surface area contributed by atoms with Crippen molar-refractivity contribution < 1.29 is 14.6 Å². The van der Waals surface area contributed by atoms with Crippen LogP contribution in [0.4, 0.5) is 0 Å². The van der Waals surface area contributed by atoms with Crippen molar-refractivity contribution in [2.45, 2.75) is 6.42 Å². The van der Waals surface area contributed by atoms with E-state index in [1.165, 1.54) is 6.20 Å². The highest BCUT2D eigenvalue weighted by molar-refractivity contribution is 5.92. The summed E-state index contributed by atoms with van der Waals surface area (Å²) in [5, 5.41) is 11.4. The molecule has 0 radical (unpaired) electrons. The Morgan fingerprint density at radius 2 is 2.00 bits per heavy atom. The molecule has 0 spiro atoms. The molecule has 2 aromatic rings. The van der Waals surface area contributed by atoms with Crippen LogP contribution in [0.5, 0.6) is 11.5 Å². The Morgan fingerprint density at radius 3 is 2.65 bits per heavy atom. The number of nitrogens with one attached hydrogen (secondary N) is 1. The van der Waals surface area contributed by atoms with Crippen molar-refractivity contribution in [1.82, 2.24) is 10.3 Å². The van der Waals surface area contributed by atoms with Crippen LogP contribution >= 0.6 is 0 Å². The summed E-state index contributed by atoms with van der Waals surface area (Å²) in [6.07, 6.45) is 2.15. The van der Waals surface area contributed by atoms with E-state index in [4.69, 9.17) is 9.84 Å². The number of pyridine rings is 1. The van der Waals surface area contributed by atoms with Crippen molar-refractivity contribution in [3.63, 3.8) is 0 Å². The van der Waals surface area contributed by atoms with Gasteiger partial charge in [-0.3, -0.25) is 9.78 Å². The lowest BCUT2D eigenvalue weighted by atomic mass is 10.1. The van der Waals surface area contributed by atoms with E-state index < -0.39 is 0 Å². The minimum atomic E-state index is -0.256. The zero-order chi connectivity index (χ0) is 14.4. The lowest BCUT2D eigenvalue weighted by Gasteiger charge is -2.07. The van der Waals surface area contributed by atoms with Gasteiger partial charge in [-0.15, -0.1) is 0 Å². The number of benzene rings is 1. The summed E-state index contributed by atoms with van der Waals surface area (Å²) in [5.74, 6) is 0.961. The van der Waals surface area contributed by atoms with E-state index in [0.29, 0.717) is 23.6 Å². The molecule has 0 saturated carbocycles. The van der Waals surface area contributed by atoms with Gasteiger partial charge >= 0.3 is 0 Å². The van der Waals surface area contributed by atoms with Gasteiger partial charge in [-0.05, 0) is 30.2 Å². The van der Waals surface area contributed by atoms with E-state index >= 15 is 0 Å². The van der Waals surface area contributed by atoms with Crippen LogP contribution in [-0.4, -0.2) is 29.7 Å². The summed E-state index contributed by atoms with van der Waals surface area (Å²) in [7, 11) is 1.55. The highest BCUT2D eigenvalue weighted by Crippen LogP contribution is 2.21. The molecule has 0 unspecified atom stereocenters. The number of aliphatic hydroxyl groups is 1.